The van der Waals surface area contributed by atoms with Crippen LogP contribution in [-0.4, -0.2) is 17.9 Å². The first-order valence-corrected chi connectivity index (χ1v) is 6.05. The molecule has 0 radical (unpaired) electrons. The summed E-state index contributed by atoms with van der Waals surface area (Å²) in [5.41, 5.74) is 7.09. The number of hydrogen-bond donors (Lipinski definition) is 1. The van der Waals surface area contributed by atoms with Crippen LogP contribution in [0.4, 0.5) is 5.69 Å². The van der Waals surface area contributed by atoms with Crippen LogP contribution in [0.3, 0.4) is 0 Å². The van der Waals surface area contributed by atoms with Gasteiger partial charge in [0.1, 0.15) is 11.4 Å². The summed E-state index contributed by atoms with van der Waals surface area (Å²) >= 11 is 5.93. The van der Waals surface area contributed by atoms with Gasteiger partial charge in [0.2, 0.25) is 0 Å². The molecule has 98 valence electrons. The van der Waals surface area contributed by atoms with E-state index in [0.717, 1.165) is 0 Å². The Balaban J connectivity index is 2.29. The van der Waals surface area contributed by atoms with Gasteiger partial charge in [-0.3, -0.25) is 9.78 Å². The summed E-state index contributed by atoms with van der Waals surface area (Å²) < 4.78 is 5.20. The smallest absolute Gasteiger partial charge is 0.187 e. The van der Waals surface area contributed by atoms with Crippen molar-refractivity contribution in [1.29, 1.82) is 0 Å². The third kappa shape index (κ3) is 3.03. The first-order chi connectivity index (χ1) is 9.11. The minimum Gasteiger partial charge on any atom is -0.496 e. The van der Waals surface area contributed by atoms with E-state index in [9.17, 15) is 4.79 Å². The summed E-state index contributed by atoms with van der Waals surface area (Å²) in [6, 6.07) is 8.48. The lowest BCUT2D eigenvalue weighted by molar-refractivity contribution is 0.0988. The third-order valence-corrected chi connectivity index (χ3v) is 2.93. The van der Waals surface area contributed by atoms with Gasteiger partial charge in [0.05, 0.1) is 12.8 Å². The number of nitrogens with zero attached hydrogens (tertiary/aromatic N) is 1. The van der Waals surface area contributed by atoms with Crippen molar-refractivity contribution in [3.05, 3.63) is 52.8 Å². The highest BCUT2D eigenvalue weighted by atomic mass is 35.5. The molecule has 4 nitrogen and oxygen atoms in total. The number of nitrogen functional groups attached to an aromatic ring is 1. The number of hydrogen-bond acceptors (Lipinski definition) is 4. The summed E-state index contributed by atoms with van der Waals surface area (Å²) in [6.07, 6.45) is 1.68. The van der Waals surface area contributed by atoms with Crippen LogP contribution in [-0.2, 0) is 6.42 Å². The summed E-state index contributed by atoms with van der Waals surface area (Å²) in [5, 5.41) is 0.553. The second kappa shape index (κ2) is 5.71. The van der Waals surface area contributed by atoms with Gasteiger partial charge < -0.3 is 10.5 Å². The van der Waals surface area contributed by atoms with Gasteiger partial charge in [0.15, 0.2) is 5.78 Å². The number of ether oxygens (including phenoxy) is 1. The molecule has 0 aliphatic rings. The van der Waals surface area contributed by atoms with Gasteiger partial charge in [-0.25, -0.2) is 0 Å². The van der Waals surface area contributed by atoms with Crippen LogP contribution < -0.4 is 10.5 Å². The zero-order valence-corrected chi connectivity index (χ0v) is 11.1. The topological polar surface area (TPSA) is 65.2 Å². The third-order valence-electron chi connectivity index (χ3n) is 2.70. The van der Waals surface area contributed by atoms with Crippen molar-refractivity contribution in [2.24, 2.45) is 0 Å². The zero-order valence-electron chi connectivity index (χ0n) is 10.4. The Morgan fingerprint density at radius 3 is 2.89 bits per heavy atom. The average Bonchev–Trinajstić information content (AvgIpc) is 2.39. The average molecular weight is 277 g/mol. The largest absolute Gasteiger partial charge is 0.496 e. The number of ketones is 1. The van der Waals surface area contributed by atoms with Crippen molar-refractivity contribution in [2.45, 2.75) is 6.42 Å². The van der Waals surface area contributed by atoms with Crippen molar-refractivity contribution in [3.8, 4) is 5.75 Å². The van der Waals surface area contributed by atoms with E-state index in [1.807, 2.05) is 0 Å². The number of carbonyl (C=O) groups is 1. The number of methoxy groups -OCH3 is 1. The molecule has 0 saturated carbocycles. The van der Waals surface area contributed by atoms with E-state index in [-0.39, 0.29) is 17.9 Å². The lowest BCUT2D eigenvalue weighted by atomic mass is 10.0. The van der Waals surface area contributed by atoms with Crippen LogP contribution in [0.1, 0.15) is 16.1 Å². The molecule has 2 rings (SSSR count). The van der Waals surface area contributed by atoms with Crippen molar-refractivity contribution in [1.82, 2.24) is 4.98 Å². The molecule has 0 atom stereocenters. The number of anilines is 1. The Hall–Kier alpha value is -2.07. The van der Waals surface area contributed by atoms with E-state index in [2.05, 4.69) is 4.98 Å². The highest BCUT2D eigenvalue weighted by Crippen LogP contribution is 2.24. The minimum absolute atomic E-state index is 0.144. The first-order valence-electron chi connectivity index (χ1n) is 5.68. The van der Waals surface area contributed by atoms with E-state index in [4.69, 9.17) is 22.1 Å². The molecule has 0 aliphatic carbocycles. The fourth-order valence-electron chi connectivity index (χ4n) is 1.79. The van der Waals surface area contributed by atoms with Gasteiger partial charge in [-0.05, 0) is 30.3 Å². The molecule has 1 aromatic heterocycles. The highest BCUT2D eigenvalue weighted by Gasteiger charge is 2.14. The minimum atomic E-state index is -0.168. The molecule has 0 bridgehead atoms. The number of halogens is 1. The van der Waals surface area contributed by atoms with Crippen molar-refractivity contribution in [3.63, 3.8) is 0 Å². The predicted molar refractivity (Wildman–Crippen MR) is 74.7 cm³/mol. The summed E-state index contributed by atoms with van der Waals surface area (Å²) in [6.45, 7) is 0. The van der Waals surface area contributed by atoms with Crippen molar-refractivity contribution < 1.29 is 9.53 Å². The number of pyridine rings is 1. The summed E-state index contributed by atoms with van der Waals surface area (Å²) in [5.74, 6) is 0.450. The van der Waals surface area contributed by atoms with Gasteiger partial charge in [-0.2, -0.15) is 0 Å². The van der Waals surface area contributed by atoms with E-state index in [1.165, 1.54) is 0 Å². The van der Waals surface area contributed by atoms with E-state index >= 15 is 0 Å². The number of benzene rings is 1. The van der Waals surface area contributed by atoms with Gasteiger partial charge >= 0.3 is 0 Å². The normalized spacial score (nSPS) is 10.2. The van der Waals surface area contributed by atoms with Gasteiger partial charge in [0.25, 0.3) is 0 Å². The molecule has 2 aromatic rings. The fourth-order valence-corrected chi connectivity index (χ4v) is 1.99. The Morgan fingerprint density at radius 1 is 1.42 bits per heavy atom. The van der Waals surface area contributed by atoms with Crippen LogP contribution in [0, 0.1) is 0 Å². The molecule has 0 unspecified atom stereocenters. The molecular formula is C14H13ClN2O2. The molecule has 0 amide bonds. The Bertz CT molecular complexity index is 614. The second-order valence-electron chi connectivity index (χ2n) is 4.00. The maximum absolute atomic E-state index is 12.2. The fraction of sp³-hybridized carbons (Fsp3) is 0.143. The number of nitrogens with two attached hydrogens (primary N) is 1. The van der Waals surface area contributed by atoms with Gasteiger partial charge in [-0.15, -0.1) is 0 Å². The lowest BCUT2D eigenvalue weighted by Crippen LogP contribution is -2.10. The SMILES string of the molecule is COc1ccc(Cl)cc1CC(=O)c1ncccc1N. The van der Waals surface area contributed by atoms with E-state index < -0.39 is 0 Å². The maximum atomic E-state index is 12.2. The van der Waals surface area contributed by atoms with Gasteiger partial charge in [-0.1, -0.05) is 11.6 Å². The maximum Gasteiger partial charge on any atom is 0.187 e. The van der Waals surface area contributed by atoms with Crippen LogP contribution >= 0.6 is 11.6 Å². The predicted octanol–water partition coefficient (Wildman–Crippen LogP) is 2.75. The molecular weight excluding hydrogens is 264 g/mol. The highest BCUT2D eigenvalue weighted by molar-refractivity contribution is 6.30. The summed E-state index contributed by atoms with van der Waals surface area (Å²) in [4.78, 5) is 16.2. The number of carbonyl (C=O) groups excluding carboxylic acids is 1. The molecule has 1 aromatic carbocycles. The van der Waals surface area contributed by atoms with E-state index in [0.29, 0.717) is 22.0 Å². The quantitative estimate of drug-likeness (QED) is 0.872. The monoisotopic (exact) mass is 276 g/mol. The molecule has 1 heterocycles. The molecule has 0 fully saturated rings. The van der Waals surface area contributed by atoms with Crippen LogP contribution in [0.25, 0.3) is 0 Å². The molecule has 5 heteroatoms. The van der Waals surface area contributed by atoms with Crippen LogP contribution in [0.15, 0.2) is 36.5 Å². The zero-order chi connectivity index (χ0) is 13.8. The van der Waals surface area contributed by atoms with Crippen LogP contribution in [0.2, 0.25) is 5.02 Å². The number of aromatic nitrogens is 1. The molecule has 2 N–H and O–H groups in total. The number of rotatable bonds is 4. The lowest BCUT2D eigenvalue weighted by Gasteiger charge is -2.09. The molecule has 19 heavy (non-hydrogen) atoms. The Kier molecular flexibility index (Phi) is 4.02. The summed E-state index contributed by atoms with van der Waals surface area (Å²) in [7, 11) is 1.55. The molecule has 0 spiro atoms. The molecule has 0 aliphatic heterocycles. The first kappa shape index (κ1) is 13.4. The van der Waals surface area contributed by atoms with Crippen molar-refractivity contribution in [2.75, 3.05) is 12.8 Å². The number of Topliss-reactive ketones (excluding diaryl/α,β-unsaturated/α-hetero) is 1. The Labute approximate surface area is 116 Å². The van der Waals surface area contributed by atoms with Gasteiger partial charge in [0, 0.05) is 23.2 Å². The second-order valence-corrected chi connectivity index (χ2v) is 4.43. The standard InChI is InChI=1S/C14H13ClN2O2/c1-19-13-5-4-10(15)7-9(13)8-12(18)14-11(16)3-2-6-17-14/h2-7H,8,16H2,1H3. The van der Waals surface area contributed by atoms with Crippen molar-refractivity contribution >= 4 is 23.1 Å². The molecule has 0 saturated heterocycles. The van der Waals surface area contributed by atoms with E-state index in [1.54, 1.807) is 43.6 Å². The van der Waals surface area contributed by atoms with Crippen LogP contribution in [0.5, 0.6) is 5.75 Å². The Morgan fingerprint density at radius 2 is 2.21 bits per heavy atom.